The third kappa shape index (κ3) is 3.73. The van der Waals surface area contributed by atoms with Crippen LogP contribution < -0.4 is 0 Å². The number of carbonyl (C=O) groups excluding carboxylic acids is 1. The van der Waals surface area contributed by atoms with Crippen molar-refractivity contribution < 1.29 is 4.79 Å². The van der Waals surface area contributed by atoms with Crippen LogP contribution in [0.2, 0.25) is 0 Å². The zero-order valence-electron chi connectivity index (χ0n) is 5.12. The average molecular weight is 323 g/mol. The molecule has 54 valence electrons. The van der Waals surface area contributed by atoms with Crippen molar-refractivity contribution >= 4 is 53.6 Å². The molecule has 0 aliphatic rings. The zero-order chi connectivity index (χ0) is 7.65. The minimum atomic E-state index is -0.580. The molecule has 0 radical (unpaired) electrons. The fraction of sp³-hybridized carbons (Fsp3) is 0.800. The quantitative estimate of drug-likeness (QED) is 0.715. The molecule has 0 amide bonds. The van der Waals surface area contributed by atoms with Gasteiger partial charge in [0.15, 0.2) is 5.78 Å². The summed E-state index contributed by atoms with van der Waals surface area (Å²) in [5.74, 6) is 0.0856. The number of halogens is 3. The van der Waals surface area contributed by atoms with E-state index in [1.807, 2.05) is 0 Å². The van der Waals surface area contributed by atoms with E-state index in [9.17, 15) is 4.79 Å². The molecule has 0 aliphatic heterocycles. The molecule has 0 saturated heterocycles. The van der Waals surface area contributed by atoms with Crippen LogP contribution >= 0.6 is 47.8 Å². The maximum Gasteiger partial charge on any atom is 0.173 e. The fourth-order valence-electron chi connectivity index (χ4n) is 0.349. The van der Waals surface area contributed by atoms with Crippen LogP contribution in [0.4, 0.5) is 0 Å². The Bertz CT molecular complexity index is 114. The summed E-state index contributed by atoms with van der Waals surface area (Å²) in [7, 11) is 0. The van der Waals surface area contributed by atoms with Crippen LogP contribution in [0, 0.1) is 0 Å². The summed E-state index contributed by atoms with van der Waals surface area (Å²) in [6, 6.07) is 0. The Hall–Kier alpha value is 1.11. The predicted molar refractivity (Wildman–Crippen MR) is 49.7 cm³/mol. The van der Waals surface area contributed by atoms with E-state index < -0.39 is 3.23 Å². The van der Waals surface area contributed by atoms with Gasteiger partial charge in [-0.3, -0.25) is 4.79 Å². The second-order valence-corrected chi connectivity index (χ2v) is 7.48. The highest BCUT2D eigenvalue weighted by Crippen LogP contribution is 2.29. The van der Waals surface area contributed by atoms with E-state index in [1.54, 1.807) is 13.8 Å². The highest BCUT2D eigenvalue weighted by Gasteiger charge is 2.28. The lowest BCUT2D eigenvalue weighted by atomic mass is 10.2. The Morgan fingerprint density at radius 2 is 1.89 bits per heavy atom. The highest BCUT2D eigenvalue weighted by atomic mass is 79.9. The first-order chi connectivity index (χ1) is 3.85. The lowest BCUT2D eigenvalue weighted by molar-refractivity contribution is -0.117. The van der Waals surface area contributed by atoms with Gasteiger partial charge in [0.1, 0.15) is 3.23 Å². The molecule has 0 N–H and O–H groups in total. The Morgan fingerprint density at radius 3 is 1.89 bits per heavy atom. The Balaban J connectivity index is 4.06. The Kier molecular flexibility index (Phi) is 3.92. The molecule has 0 aromatic carbocycles. The maximum atomic E-state index is 11.0. The molecule has 0 heterocycles. The summed E-state index contributed by atoms with van der Waals surface area (Å²) in [6.07, 6.45) is 0. The van der Waals surface area contributed by atoms with Gasteiger partial charge in [-0.15, -0.1) is 0 Å². The molecule has 0 rings (SSSR count). The second-order valence-electron chi connectivity index (χ2n) is 1.87. The summed E-state index contributed by atoms with van der Waals surface area (Å²) in [6.45, 7) is 3.55. The predicted octanol–water partition coefficient (Wildman–Crippen LogP) is 2.84. The summed E-state index contributed by atoms with van der Waals surface area (Å²) >= 11 is 9.53. The van der Waals surface area contributed by atoms with Gasteiger partial charge in [-0.2, -0.15) is 0 Å². The summed E-state index contributed by atoms with van der Waals surface area (Å²) < 4.78 is -0.580. The van der Waals surface area contributed by atoms with Gasteiger partial charge in [0, 0.05) is 0 Å². The fourth-order valence-corrected chi connectivity index (χ4v) is 2.11. The van der Waals surface area contributed by atoms with Gasteiger partial charge in [-0.05, 0) is 13.8 Å². The van der Waals surface area contributed by atoms with Crippen LogP contribution in [0.25, 0.3) is 0 Å². The van der Waals surface area contributed by atoms with Crippen molar-refractivity contribution in [2.75, 3.05) is 0 Å². The van der Waals surface area contributed by atoms with Crippen molar-refractivity contribution in [1.82, 2.24) is 0 Å². The molecular formula is C5H7Br3O. The molecule has 0 saturated carbocycles. The number of alkyl halides is 3. The van der Waals surface area contributed by atoms with E-state index in [0.29, 0.717) is 0 Å². The smallest absolute Gasteiger partial charge is 0.173 e. The Labute approximate surface area is 80.0 Å². The molecule has 0 bridgehead atoms. The number of hydrogen-bond acceptors (Lipinski definition) is 1. The van der Waals surface area contributed by atoms with Crippen LogP contribution in [0.5, 0.6) is 0 Å². The number of carbonyl (C=O) groups is 1. The molecule has 0 aromatic heterocycles. The lowest BCUT2D eigenvalue weighted by Crippen LogP contribution is -2.26. The molecule has 0 spiro atoms. The van der Waals surface area contributed by atoms with Crippen molar-refractivity contribution in [1.29, 1.82) is 0 Å². The largest absolute Gasteiger partial charge is 0.296 e. The van der Waals surface area contributed by atoms with Crippen molar-refractivity contribution in [2.45, 2.75) is 21.9 Å². The van der Waals surface area contributed by atoms with Crippen LogP contribution in [0.3, 0.4) is 0 Å². The highest BCUT2D eigenvalue weighted by molar-refractivity contribution is 9.26. The molecule has 0 aromatic rings. The summed E-state index contributed by atoms with van der Waals surface area (Å²) in [4.78, 5) is 10.9. The van der Waals surface area contributed by atoms with E-state index >= 15 is 0 Å². The first-order valence-electron chi connectivity index (χ1n) is 2.42. The number of ketones is 1. The normalized spacial score (nSPS) is 15.2. The van der Waals surface area contributed by atoms with Gasteiger partial charge in [-0.1, -0.05) is 47.8 Å². The summed E-state index contributed by atoms with van der Waals surface area (Å²) in [5, 5.41) is 0. The topological polar surface area (TPSA) is 17.1 Å². The van der Waals surface area contributed by atoms with Crippen molar-refractivity contribution in [3.8, 4) is 0 Å². The molecule has 1 unspecified atom stereocenters. The molecule has 1 nitrogen and oxygen atoms in total. The van der Waals surface area contributed by atoms with Gasteiger partial charge in [0.05, 0.1) is 4.83 Å². The second kappa shape index (κ2) is 3.49. The molecule has 0 fully saturated rings. The van der Waals surface area contributed by atoms with E-state index in [0.717, 1.165) is 0 Å². The van der Waals surface area contributed by atoms with Crippen LogP contribution in [-0.4, -0.2) is 13.8 Å². The number of Topliss-reactive ketones (excluding diaryl/α,β-unsaturated/α-hetero) is 1. The van der Waals surface area contributed by atoms with Crippen molar-refractivity contribution in [3.05, 3.63) is 0 Å². The van der Waals surface area contributed by atoms with Gasteiger partial charge >= 0.3 is 0 Å². The third-order valence-electron chi connectivity index (χ3n) is 0.794. The van der Waals surface area contributed by atoms with Gasteiger partial charge in [-0.25, -0.2) is 0 Å². The van der Waals surface area contributed by atoms with Crippen LogP contribution in [0.15, 0.2) is 0 Å². The van der Waals surface area contributed by atoms with Crippen LogP contribution in [-0.2, 0) is 4.79 Å². The molecular weight excluding hydrogens is 316 g/mol. The van der Waals surface area contributed by atoms with Gasteiger partial charge in [0.25, 0.3) is 0 Å². The molecule has 9 heavy (non-hydrogen) atoms. The van der Waals surface area contributed by atoms with E-state index in [4.69, 9.17) is 0 Å². The van der Waals surface area contributed by atoms with Gasteiger partial charge in [0.2, 0.25) is 0 Å². The standard InChI is InChI=1S/C5H7Br3O/c1-3(6)4(9)5(2,7)8/h3H,1-2H3. The van der Waals surface area contributed by atoms with E-state index in [1.165, 1.54) is 0 Å². The van der Waals surface area contributed by atoms with E-state index in [-0.39, 0.29) is 10.6 Å². The zero-order valence-corrected chi connectivity index (χ0v) is 9.88. The first kappa shape index (κ1) is 10.1. The minimum absolute atomic E-state index is 0.0856. The van der Waals surface area contributed by atoms with Crippen LogP contribution in [0.1, 0.15) is 13.8 Å². The lowest BCUT2D eigenvalue weighted by Gasteiger charge is -2.13. The Morgan fingerprint density at radius 1 is 1.56 bits per heavy atom. The number of hydrogen-bond donors (Lipinski definition) is 0. The molecule has 4 heteroatoms. The third-order valence-corrected chi connectivity index (χ3v) is 1.99. The molecule has 1 atom stereocenters. The monoisotopic (exact) mass is 320 g/mol. The first-order valence-corrected chi connectivity index (χ1v) is 4.92. The number of rotatable bonds is 2. The van der Waals surface area contributed by atoms with Gasteiger partial charge < -0.3 is 0 Å². The van der Waals surface area contributed by atoms with Crippen molar-refractivity contribution in [3.63, 3.8) is 0 Å². The van der Waals surface area contributed by atoms with Crippen molar-refractivity contribution in [2.24, 2.45) is 0 Å². The SMILES string of the molecule is CC(Br)C(=O)C(C)(Br)Br. The average Bonchev–Trinajstić information content (AvgIpc) is 1.62. The van der Waals surface area contributed by atoms with E-state index in [2.05, 4.69) is 47.8 Å². The molecule has 0 aliphatic carbocycles. The summed E-state index contributed by atoms with van der Waals surface area (Å²) in [5.41, 5.74) is 0. The maximum absolute atomic E-state index is 11.0. The minimum Gasteiger partial charge on any atom is -0.296 e.